The second-order valence-corrected chi connectivity index (χ2v) is 45.4. The van der Waals surface area contributed by atoms with Gasteiger partial charge in [0.2, 0.25) is 0 Å². The first-order valence-corrected chi connectivity index (χ1v) is 26.0. The van der Waals surface area contributed by atoms with Gasteiger partial charge in [-0.2, -0.15) is 0 Å². The first kappa shape index (κ1) is 49.0. The van der Waals surface area contributed by atoms with Gasteiger partial charge in [-0.3, -0.25) is 4.79 Å². The molecule has 292 valence electrons. The number of allylic oxidation sites excluding steroid dienone is 1. The van der Waals surface area contributed by atoms with Crippen molar-refractivity contribution in [3.05, 3.63) is 12.3 Å². The molecule has 0 saturated heterocycles. The van der Waals surface area contributed by atoms with Gasteiger partial charge in [-0.1, -0.05) is 194 Å². The van der Waals surface area contributed by atoms with Gasteiger partial charge in [0.05, 0.1) is 0 Å². The van der Waals surface area contributed by atoms with Gasteiger partial charge in [0.25, 0.3) is 0 Å². The molecule has 0 heterocycles. The Balaban J connectivity index is 9.10. The molecule has 0 rings (SSSR count). The zero-order valence-corrected chi connectivity index (χ0v) is 42.2. The van der Waals surface area contributed by atoms with Gasteiger partial charge in [-0.15, -0.1) is 0 Å². The van der Waals surface area contributed by atoms with Crippen molar-refractivity contribution >= 4 is 39.8 Å². The smallest absolute Gasteiger partial charge is 0.401 e. The fourth-order valence-electron chi connectivity index (χ4n) is 9.97. The minimum absolute atomic E-state index is 0.117. The lowest BCUT2D eigenvalue weighted by Crippen LogP contribution is -2.77. The highest BCUT2D eigenvalue weighted by Crippen LogP contribution is 2.69. The summed E-state index contributed by atoms with van der Waals surface area (Å²) < 4.78 is 32.3. The topological polar surface area (TPSA) is 54.0 Å². The Morgan fingerprint density at radius 2 is 0.571 bits per heavy atom. The highest BCUT2D eigenvalue weighted by molar-refractivity contribution is 6.97. The minimum atomic E-state index is -3.54. The van der Waals surface area contributed by atoms with Crippen LogP contribution in [0.3, 0.4) is 0 Å². The molecule has 49 heavy (non-hydrogen) atoms. The Kier molecular flexibility index (Phi) is 13.7. The van der Waals surface area contributed by atoms with Gasteiger partial charge in [-0.05, 0) is 15.1 Å². The summed E-state index contributed by atoms with van der Waals surface area (Å²) in [7, 11) is -13.3. The van der Waals surface area contributed by atoms with Crippen LogP contribution in [0.4, 0.5) is 0 Å². The van der Waals surface area contributed by atoms with E-state index in [2.05, 4.69) is 194 Å². The molecule has 0 atom stereocenters. The molecule has 0 unspecified atom stereocenters. The van der Waals surface area contributed by atoms with Crippen LogP contribution in [0, 0.1) is 0 Å². The Morgan fingerprint density at radius 1 is 0.367 bits per heavy atom. The number of Topliss-reactive ketones (excluding diaryl/α,β-unsaturated/α-hetero) is 1. The van der Waals surface area contributed by atoms with Crippen LogP contribution in [-0.4, -0.2) is 39.8 Å². The van der Waals surface area contributed by atoms with Crippen LogP contribution in [-0.2, 0) is 21.6 Å². The van der Waals surface area contributed by atoms with Crippen LogP contribution in [0.15, 0.2) is 12.3 Å². The van der Waals surface area contributed by atoms with Crippen molar-refractivity contribution in [3.8, 4) is 0 Å². The van der Waals surface area contributed by atoms with Crippen LogP contribution in [0.2, 0.25) is 45.3 Å². The van der Waals surface area contributed by atoms with E-state index in [1.54, 1.807) is 0 Å². The van der Waals surface area contributed by atoms with Crippen molar-refractivity contribution in [2.75, 3.05) is 0 Å². The highest BCUT2D eigenvalue weighted by Gasteiger charge is 2.76. The highest BCUT2D eigenvalue weighted by atomic mass is 28.5. The maximum absolute atomic E-state index is 12.9. The van der Waals surface area contributed by atoms with Gasteiger partial charge < -0.3 is 16.8 Å². The largest absolute Gasteiger partial charge is 0.518 e. The third-order valence-corrected chi connectivity index (χ3v) is 36.3. The number of hydrogen-bond acceptors (Lipinski definition) is 5. The molecule has 0 bridgehead atoms. The van der Waals surface area contributed by atoms with E-state index in [-0.39, 0.29) is 36.7 Å². The van der Waals surface area contributed by atoms with E-state index in [0.29, 0.717) is 0 Å². The fourth-order valence-corrected chi connectivity index (χ4v) is 46.7. The predicted molar refractivity (Wildman–Crippen MR) is 225 cm³/mol. The zero-order chi connectivity index (χ0) is 40.5. The summed E-state index contributed by atoms with van der Waals surface area (Å²) in [6.07, 6.45) is 0. The molecule has 0 aliphatic rings. The van der Waals surface area contributed by atoms with Gasteiger partial charge in [-0.25, -0.2) is 0 Å². The lowest BCUT2D eigenvalue weighted by Gasteiger charge is -2.67. The maximum Gasteiger partial charge on any atom is 0.401 e. The molecule has 0 radical (unpaired) electrons. The predicted octanol–water partition coefficient (Wildman–Crippen LogP) is 14.6. The standard InChI is InChI=1S/C40H86O5Si4/c1-30(41)31(2)42-47(35(12,13)14,36(15,16)17)44-49(39(24,25)26,40(27,28)29)45-48(37(18,19)20,38(21,22)23)43-46(32(3,4)5,33(6,7)8)34(9,10)11/h2H2,1,3-29H3. The SMILES string of the molecule is C=C(O[Si](O[Si](O[Si](O[Si](C(C)(C)C)(C(C)(C)C)C(C)(C)C)(C(C)(C)C)C(C)(C)C)(C(C)(C)C)C(C)(C)C)(C(C)(C)C)C(C)(C)C)C(C)=O. The van der Waals surface area contributed by atoms with Gasteiger partial charge in [0, 0.05) is 37.2 Å². The molecule has 0 aliphatic carbocycles. The van der Waals surface area contributed by atoms with Crippen molar-refractivity contribution in [2.24, 2.45) is 0 Å². The Hall–Kier alpha value is -0.0425. The number of ketones is 1. The van der Waals surface area contributed by atoms with E-state index < -0.39 is 54.2 Å². The van der Waals surface area contributed by atoms with Crippen molar-refractivity contribution in [2.45, 2.75) is 239 Å². The third kappa shape index (κ3) is 8.69. The zero-order valence-electron chi connectivity index (χ0n) is 38.2. The Bertz CT molecular complexity index is 1100. The van der Waals surface area contributed by atoms with E-state index >= 15 is 0 Å². The summed E-state index contributed by atoms with van der Waals surface area (Å²) in [5.74, 6) is -0.0188. The summed E-state index contributed by atoms with van der Waals surface area (Å²) >= 11 is 0. The summed E-state index contributed by atoms with van der Waals surface area (Å²) in [6, 6.07) is 0. The van der Waals surface area contributed by atoms with Crippen molar-refractivity contribution < 1.29 is 21.6 Å². The van der Waals surface area contributed by atoms with E-state index in [1.807, 2.05) is 0 Å². The minimum Gasteiger partial charge on any atom is -0.518 e. The Morgan fingerprint density at radius 3 is 0.755 bits per heavy atom. The molecule has 0 N–H and O–H groups in total. The van der Waals surface area contributed by atoms with Crippen molar-refractivity contribution in [1.29, 1.82) is 0 Å². The number of carbonyl (C=O) groups excluding carboxylic acids is 1. The van der Waals surface area contributed by atoms with Crippen molar-refractivity contribution in [3.63, 3.8) is 0 Å². The Labute approximate surface area is 311 Å². The van der Waals surface area contributed by atoms with E-state index in [9.17, 15) is 4.79 Å². The van der Waals surface area contributed by atoms with Crippen molar-refractivity contribution in [1.82, 2.24) is 0 Å². The normalized spacial score (nSPS) is 16.2. The van der Waals surface area contributed by atoms with E-state index in [4.69, 9.17) is 16.8 Å². The van der Waals surface area contributed by atoms with E-state index in [0.717, 1.165) is 0 Å². The molecule has 0 aromatic heterocycles. The number of carbonyl (C=O) groups is 1. The van der Waals surface area contributed by atoms with Gasteiger partial charge in [0.15, 0.2) is 14.1 Å². The van der Waals surface area contributed by atoms with Gasteiger partial charge >= 0.3 is 25.7 Å². The molecular formula is C40H86O5Si4. The monoisotopic (exact) mass is 759 g/mol. The summed E-state index contributed by atoms with van der Waals surface area (Å²) in [6.45, 7) is 68.3. The molecule has 0 amide bonds. The van der Waals surface area contributed by atoms with Gasteiger partial charge in [0.1, 0.15) is 5.76 Å². The third-order valence-electron chi connectivity index (χ3n) is 10.6. The first-order valence-electron chi connectivity index (χ1n) is 18.7. The molecule has 0 fully saturated rings. The lowest BCUT2D eigenvalue weighted by atomic mass is 10.2. The molecule has 9 heteroatoms. The molecule has 0 aliphatic heterocycles. The quantitative estimate of drug-likeness (QED) is 0.133. The molecule has 0 spiro atoms. The maximum atomic E-state index is 12.9. The van der Waals surface area contributed by atoms with Crippen LogP contribution in [0.25, 0.3) is 0 Å². The van der Waals surface area contributed by atoms with E-state index in [1.165, 1.54) is 6.92 Å². The van der Waals surface area contributed by atoms with Crippen LogP contribution in [0.5, 0.6) is 0 Å². The molecule has 0 saturated carbocycles. The van der Waals surface area contributed by atoms with Crippen LogP contribution in [0.1, 0.15) is 194 Å². The number of hydrogen-bond donors (Lipinski definition) is 0. The average molecular weight is 759 g/mol. The second kappa shape index (κ2) is 13.7. The average Bonchev–Trinajstić information content (AvgIpc) is 2.72. The number of rotatable bonds is 9. The molecule has 0 aromatic carbocycles. The lowest BCUT2D eigenvalue weighted by molar-refractivity contribution is -0.115. The molecule has 5 nitrogen and oxygen atoms in total. The fraction of sp³-hybridized carbons (Fsp3) is 0.925. The second-order valence-electron chi connectivity index (χ2n) is 24.2. The molecule has 0 aromatic rings. The summed E-state index contributed by atoms with van der Waals surface area (Å²) in [5.41, 5.74) is 0. The van der Waals surface area contributed by atoms with Crippen LogP contribution < -0.4 is 0 Å². The van der Waals surface area contributed by atoms with Crippen LogP contribution >= 0.6 is 0 Å². The first-order chi connectivity index (χ1) is 20.7. The summed E-state index contributed by atoms with van der Waals surface area (Å²) in [5, 5.41) is -2.78. The molecular weight excluding hydrogens is 673 g/mol. The summed E-state index contributed by atoms with van der Waals surface area (Å²) in [4.78, 5) is 12.9.